The van der Waals surface area contributed by atoms with Crippen LogP contribution in [0.3, 0.4) is 0 Å². The number of nitrogens with zero attached hydrogens (tertiary/aromatic N) is 2. The molecule has 0 unspecified atom stereocenters. The van der Waals surface area contributed by atoms with Crippen LogP contribution in [0.15, 0.2) is 36.4 Å². The zero-order chi connectivity index (χ0) is 17.8. The average molecular weight is 344 g/mol. The third kappa shape index (κ3) is 3.71. The molecule has 0 aromatic heterocycles. The normalized spacial score (nSPS) is 15.3. The summed E-state index contributed by atoms with van der Waals surface area (Å²) >= 11 is 0. The molecule has 2 aromatic rings. The van der Waals surface area contributed by atoms with Crippen LogP contribution in [0.1, 0.15) is 11.1 Å². The summed E-state index contributed by atoms with van der Waals surface area (Å²) in [4.78, 5) is 4.49. The van der Waals surface area contributed by atoms with Gasteiger partial charge >= 0.3 is 0 Å². The van der Waals surface area contributed by atoms with Crippen molar-refractivity contribution in [3.05, 3.63) is 53.3 Å². The van der Waals surface area contributed by atoms with Crippen molar-refractivity contribution in [3.8, 4) is 11.5 Å². The van der Waals surface area contributed by atoms with Gasteiger partial charge < -0.3 is 14.4 Å². The minimum absolute atomic E-state index is 0.150. The Kier molecular flexibility index (Phi) is 5.43. The van der Waals surface area contributed by atoms with E-state index in [0.717, 1.165) is 55.3 Å². The van der Waals surface area contributed by atoms with Gasteiger partial charge in [-0.25, -0.2) is 4.39 Å². The molecule has 0 radical (unpaired) electrons. The van der Waals surface area contributed by atoms with Crippen molar-refractivity contribution < 1.29 is 13.9 Å². The van der Waals surface area contributed by atoms with Gasteiger partial charge in [-0.3, -0.25) is 4.90 Å². The van der Waals surface area contributed by atoms with Crippen molar-refractivity contribution in [2.24, 2.45) is 0 Å². The molecule has 0 spiro atoms. The maximum Gasteiger partial charge on any atom is 0.146 e. The van der Waals surface area contributed by atoms with Gasteiger partial charge in [-0.15, -0.1) is 0 Å². The summed E-state index contributed by atoms with van der Waals surface area (Å²) < 4.78 is 24.9. The van der Waals surface area contributed by atoms with Crippen LogP contribution < -0.4 is 14.4 Å². The highest BCUT2D eigenvalue weighted by Gasteiger charge is 2.21. The van der Waals surface area contributed by atoms with Gasteiger partial charge in [0.15, 0.2) is 0 Å². The summed E-state index contributed by atoms with van der Waals surface area (Å²) in [5.41, 5.74) is 2.87. The van der Waals surface area contributed by atoms with Crippen LogP contribution in [0.2, 0.25) is 0 Å². The van der Waals surface area contributed by atoms with E-state index < -0.39 is 0 Å². The fraction of sp³-hybridized carbons (Fsp3) is 0.400. The zero-order valence-electron chi connectivity index (χ0n) is 15.1. The number of hydrogen-bond acceptors (Lipinski definition) is 4. The van der Waals surface area contributed by atoms with E-state index in [2.05, 4.69) is 15.9 Å². The van der Waals surface area contributed by atoms with Crippen LogP contribution in [0.5, 0.6) is 11.5 Å². The van der Waals surface area contributed by atoms with Gasteiger partial charge in [-0.05, 0) is 25.1 Å². The molecule has 0 amide bonds. The van der Waals surface area contributed by atoms with E-state index in [1.807, 2.05) is 25.1 Å². The summed E-state index contributed by atoms with van der Waals surface area (Å²) in [6.45, 7) is 6.25. The fourth-order valence-electron chi connectivity index (χ4n) is 3.46. The monoisotopic (exact) mass is 344 g/mol. The Hall–Kier alpha value is -2.27. The van der Waals surface area contributed by atoms with Gasteiger partial charge in [0.05, 0.1) is 19.9 Å². The Bertz CT molecular complexity index is 728. The van der Waals surface area contributed by atoms with Crippen molar-refractivity contribution in [2.75, 3.05) is 45.3 Å². The number of methoxy groups -OCH3 is 2. The summed E-state index contributed by atoms with van der Waals surface area (Å²) in [6, 6.07) is 11.0. The van der Waals surface area contributed by atoms with E-state index in [4.69, 9.17) is 9.47 Å². The first-order chi connectivity index (χ1) is 12.1. The standard InChI is InChI=1S/C20H25FN2O2/c1-15-19(24-2)9-8-16(20(15)25-3)14-22-10-12-23(13-11-22)18-7-5-4-6-17(18)21/h4-9H,10-14H2,1-3H3. The number of rotatable bonds is 5. The molecular formula is C20H25FN2O2. The molecule has 5 heteroatoms. The van der Waals surface area contributed by atoms with E-state index in [9.17, 15) is 4.39 Å². The van der Waals surface area contributed by atoms with Gasteiger partial charge in [0.1, 0.15) is 17.3 Å². The maximum atomic E-state index is 13.9. The predicted molar refractivity (Wildman–Crippen MR) is 98.2 cm³/mol. The molecule has 3 rings (SSSR count). The molecule has 0 aliphatic carbocycles. The largest absolute Gasteiger partial charge is 0.496 e. The molecule has 2 aromatic carbocycles. The Morgan fingerprint density at radius 1 is 0.960 bits per heavy atom. The highest BCUT2D eigenvalue weighted by Crippen LogP contribution is 2.32. The summed E-state index contributed by atoms with van der Waals surface area (Å²) in [6.07, 6.45) is 0. The third-order valence-corrected chi connectivity index (χ3v) is 4.82. The smallest absolute Gasteiger partial charge is 0.146 e. The van der Waals surface area contributed by atoms with E-state index in [-0.39, 0.29) is 5.82 Å². The lowest BCUT2D eigenvalue weighted by molar-refractivity contribution is 0.245. The first-order valence-corrected chi connectivity index (χ1v) is 8.56. The Labute approximate surface area is 148 Å². The molecule has 1 saturated heterocycles. The molecular weight excluding hydrogens is 319 g/mol. The quantitative estimate of drug-likeness (QED) is 0.829. The van der Waals surface area contributed by atoms with E-state index in [0.29, 0.717) is 5.69 Å². The fourth-order valence-corrected chi connectivity index (χ4v) is 3.46. The number of halogens is 1. The van der Waals surface area contributed by atoms with Crippen molar-refractivity contribution >= 4 is 5.69 Å². The van der Waals surface area contributed by atoms with Crippen LogP contribution in [0.4, 0.5) is 10.1 Å². The number of ether oxygens (including phenoxy) is 2. The predicted octanol–water partition coefficient (Wildman–Crippen LogP) is 3.47. The molecule has 0 bridgehead atoms. The number of para-hydroxylation sites is 1. The third-order valence-electron chi connectivity index (χ3n) is 4.82. The van der Waals surface area contributed by atoms with E-state index in [1.54, 1.807) is 20.3 Å². The van der Waals surface area contributed by atoms with Crippen LogP contribution in [-0.4, -0.2) is 45.3 Å². The van der Waals surface area contributed by atoms with Crippen LogP contribution in [-0.2, 0) is 6.54 Å². The highest BCUT2D eigenvalue weighted by molar-refractivity contribution is 5.50. The molecule has 25 heavy (non-hydrogen) atoms. The van der Waals surface area contributed by atoms with Crippen LogP contribution in [0, 0.1) is 12.7 Å². The Balaban J connectivity index is 1.67. The number of anilines is 1. The molecule has 1 aliphatic rings. The second-order valence-corrected chi connectivity index (χ2v) is 6.30. The lowest BCUT2D eigenvalue weighted by Crippen LogP contribution is -2.46. The van der Waals surface area contributed by atoms with Crippen molar-refractivity contribution in [1.29, 1.82) is 0 Å². The maximum absolute atomic E-state index is 13.9. The van der Waals surface area contributed by atoms with Gasteiger partial charge in [0.25, 0.3) is 0 Å². The molecule has 0 N–H and O–H groups in total. The SMILES string of the molecule is COc1ccc(CN2CCN(c3ccccc3F)CC2)c(OC)c1C. The molecule has 0 atom stereocenters. The molecule has 1 heterocycles. The highest BCUT2D eigenvalue weighted by atomic mass is 19.1. The average Bonchev–Trinajstić information content (AvgIpc) is 2.63. The van der Waals surface area contributed by atoms with Gasteiger partial charge in [-0.2, -0.15) is 0 Å². The first kappa shape index (κ1) is 17.5. The van der Waals surface area contributed by atoms with Crippen molar-refractivity contribution in [1.82, 2.24) is 4.90 Å². The summed E-state index contributed by atoms with van der Waals surface area (Å²) in [5, 5.41) is 0. The van der Waals surface area contributed by atoms with Gasteiger partial charge in [0, 0.05) is 43.9 Å². The molecule has 0 saturated carbocycles. The lowest BCUT2D eigenvalue weighted by Gasteiger charge is -2.36. The Morgan fingerprint density at radius 3 is 2.32 bits per heavy atom. The molecule has 1 fully saturated rings. The topological polar surface area (TPSA) is 24.9 Å². The minimum Gasteiger partial charge on any atom is -0.496 e. The number of benzene rings is 2. The van der Waals surface area contributed by atoms with Crippen molar-refractivity contribution in [2.45, 2.75) is 13.5 Å². The zero-order valence-corrected chi connectivity index (χ0v) is 15.1. The molecule has 134 valence electrons. The van der Waals surface area contributed by atoms with E-state index >= 15 is 0 Å². The van der Waals surface area contributed by atoms with Crippen LogP contribution in [0.25, 0.3) is 0 Å². The number of piperazine rings is 1. The van der Waals surface area contributed by atoms with Gasteiger partial charge in [-0.1, -0.05) is 18.2 Å². The second-order valence-electron chi connectivity index (χ2n) is 6.30. The van der Waals surface area contributed by atoms with Gasteiger partial charge in [0.2, 0.25) is 0 Å². The Morgan fingerprint density at radius 2 is 1.68 bits per heavy atom. The summed E-state index contributed by atoms with van der Waals surface area (Å²) in [7, 11) is 3.37. The first-order valence-electron chi connectivity index (χ1n) is 8.56. The second kappa shape index (κ2) is 7.74. The molecule has 4 nitrogen and oxygen atoms in total. The molecule has 1 aliphatic heterocycles. The van der Waals surface area contributed by atoms with E-state index in [1.165, 1.54) is 6.07 Å². The minimum atomic E-state index is -0.150. The summed E-state index contributed by atoms with van der Waals surface area (Å²) in [5.74, 6) is 1.57. The van der Waals surface area contributed by atoms with Crippen molar-refractivity contribution in [3.63, 3.8) is 0 Å². The lowest BCUT2D eigenvalue weighted by atomic mass is 10.1. The van der Waals surface area contributed by atoms with Crippen LogP contribution >= 0.6 is 0 Å². The number of hydrogen-bond donors (Lipinski definition) is 0.